The van der Waals surface area contributed by atoms with E-state index in [-0.39, 0.29) is 5.91 Å². The van der Waals surface area contributed by atoms with E-state index < -0.39 is 0 Å². The highest BCUT2D eigenvalue weighted by Gasteiger charge is 2.12. The van der Waals surface area contributed by atoms with Gasteiger partial charge in [0.2, 0.25) is 5.91 Å². The average molecular weight is 380 g/mol. The van der Waals surface area contributed by atoms with Gasteiger partial charge >= 0.3 is 0 Å². The van der Waals surface area contributed by atoms with Gasteiger partial charge in [0.15, 0.2) is 0 Å². The number of rotatable bonds is 6. The van der Waals surface area contributed by atoms with Crippen molar-refractivity contribution in [3.05, 3.63) is 77.5 Å². The van der Waals surface area contributed by atoms with Crippen molar-refractivity contribution in [1.29, 1.82) is 0 Å². The lowest BCUT2D eigenvalue weighted by Gasteiger charge is -2.15. The van der Waals surface area contributed by atoms with Crippen molar-refractivity contribution in [2.75, 3.05) is 13.1 Å². The molecular formula is C22H22ClN3O. The number of carbonyl (C=O) groups excluding carboxylic acids is 1. The maximum absolute atomic E-state index is 12.3. The van der Waals surface area contributed by atoms with Gasteiger partial charge in [-0.2, -0.15) is 5.10 Å². The Bertz CT molecular complexity index is 926. The van der Waals surface area contributed by atoms with Crippen molar-refractivity contribution in [3.8, 4) is 16.9 Å². The Labute approximate surface area is 164 Å². The molecule has 0 saturated heterocycles. The average Bonchev–Trinajstić information content (AvgIpc) is 3.13. The van der Waals surface area contributed by atoms with Gasteiger partial charge < -0.3 is 4.90 Å². The number of carbonyl (C=O) groups is 1. The number of hydrogen-bond acceptors (Lipinski definition) is 2. The Morgan fingerprint density at radius 2 is 1.74 bits per heavy atom. The van der Waals surface area contributed by atoms with Crippen molar-refractivity contribution in [2.24, 2.45) is 0 Å². The van der Waals surface area contributed by atoms with Crippen molar-refractivity contribution < 1.29 is 4.79 Å². The molecule has 0 fully saturated rings. The molecule has 4 nitrogen and oxygen atoms in total. The van der Waals surface area contributed by atoms with Crippen LogP contribution in [0.25, 0.3) is 23.0 Å². The molecule has 0 aliphatic heterocycles. The fourth-order valence-electron chi connectivity index (χ4n) is 2.86. The topological polar surface area (TPSA) is 38.1 Å². The molecule has 27 heavy (non-hydrogen) atoms. The molecule has 5 heteroatoms. The van der Waals surface area contributed by atoms with Crippen LogP contribution >= 0.6 is 11.6 Å². The summed E-state index contributed by atoms with van der Waals surface area (Å²) in [6, 6.07) is 17.4. The van der Waals surface area contributed by atoms with Crippen molar-refractivity contribution in [2.45, 2.75) is 13.8 Å². The molecular weight excluding hydrogens is 358 g/mol. The van der Waals surface area contributed by atoms with Crippen LogP contribution in [0.4, 0.5) is 0 Å². The maximum atomic E-state index is 12.3. The number of halogens is 1. The quantitative estimate of drug-likeness (QED) is 0.560. The molecule has 0 aliphatic rings. The van der Waals surface area contributed by atoms with Gasteiger partial charge in [0.1, 0.15) is 0 Å². The third kappa shape index (κ3) is 4.47. The van der Waals surface area contributed by atoms with Crippen LogP contribution in [-0.2, 0) is 4.79 Å². The first-order valence-electron chi connectivity index (χ1n) is 9.00. The summed E-state index contributed by atoms with van der Waals surface area (Å²) in [5.74, 6) is -0.00508. The Kier molecular flexibility index (Phi) is 6.09. The Morgan fingerprint density at radius 1 is 1.07 bits per heavy atom. The molecule has 0 atom stereocenters. The van der Waals surface area contributed by atoms with Crippen LogP contribution in [0.2, 0.25) is 5.02 Å². The summed E-state index contributed by atoms with van der Waals surface area (Å²) in [7, 11) is 0. The van der Waals surface area contributed by atoms with Crippen molar-refractivity contribution in [1.82, 2.24) is 14.7 Å². The molecule has 0 aliphatic carbocycles. The number of amides is 1. The van der Waals surface area contributed by atoms with Crippen LogP contribution < -0.4 is 0 Å². The molecule has 0 radical (unpaired) electrons. The van der Waals surface area contributed by atoms with E-state index in [1.807, 2.05) is 85.4 Å². The molecule has 0 saturated carbocycles. The summed E-state index contributed by atoms with van der Waals surface area (Å²) in [5.41, 5.74) is 3.59. The van der Waals surface area contributed by atoms with Crippen LogP contribution in [0, 0.1) is 0 Å². The van der Waals surface area contributed by atoms with Gasteiger partial charge in [-0.25, -0.2) is 4.68 Å². The lowest BCUT2D eigenvalue weighted by Crippen LogP contribution is -2.28. The minimum absolute atomic E-state index is 0.00508. The smallest absolute Gasteiger partial charge is 0.246 e. The van der Waals surface area contributed by atoms with Crippen LogP contribution in [0.15, 0.2) is 66.9 Å². The second-order valence-electron chi connectivity index (χ2n) is 6.06. The molecule has 0 bridgehead atoms. The lowest BCUT2D eigenvalue weighted by atomic mass is 10.1. The summed E-state index contributed by atoms with van der Waals surface area (Å²) in [6.45, 7) is 5.32. The van der Waals surface area contributed by atoms with E-state index in [0.29, 0.717) is 18.1 Å². The van der Waals surface area contributed by atoms with Crippen LogP contribution in [0.1, 0.15) is 19.4 Å². The third-order valence-electron chi connectivity index (χ3n) is 4.36. The summed E-state index contributed by atoms with van der Waals surface area (Å²) in [5, 5.41) is 5.42. The first kappa shape index (κ1) is 18.9. The van der Waals surface area contributed by atoms with Gasteiger partial charge in [-0.3, -0.25) is 4.79 Å². The Balaban J connectivity index is 2.01. The second kappa shape index (κ2) is 8.69. The first-order valence-corrected chi connectivity index (χ1v) is 9.38. The molecule has 0 N–H and O–H groups in total. The summed E-state index contributed by atoms with van der Waals surface area (Å²) >= 11 is 6.02. The minimum atomic E-state index is -0.00508. The van der Waals surface area contributed by atoms with Gasteiger partial charge in [0.25, 0.3) is 0 Å². The maximum Gasteiger partial charge on any atom is 0.246 e. The predicted octanol–water partition coefficient (Wildman–Crippen LogP) is 5.07. The zero-order chi connectivity index (χ0) is 19.2. The highest BCUT2D eigenvalue weighted by molar-refractivity contribution is 6.30. The van der Waals surface area contributed by atoms with E-state index in [1.54, 1.807) is 11.0 Å². The van der Waals surface area contributed by atoms with E-state index in [9.17, 15) is 4.79 Å². The van der Waals surface area contributed by atoms with E-state index in [1.165, 1.54) is 0 Å². The molecule has 1 aromatic heterocycles. The largest absolute Gasteiger partial charge is 0.340 e. The SMILES string of the molecule is CCN(CC)C(=O)/C=C\c1cn(-c2ccccc2)nc1-c1ccc(Cl)cc1. The molecule has 138 valence electrons. The van der Waals surface area contributed by atoms with Crippen molar-refractivity contribution in [3.63, 3.8) is 0 Å². The summed E-state index contributed by atoms with van der Waals surface area (Å²) in [6.07, 6.45) is 5.38. The first-order chi connectivity index (χ1) is 13.1. The van der Waals surface area contributed by atoms with E-state index in [4.69, 9.17) is 16.7 Å². The van der Waals surface area contributed by atoms with Crippen LogP contribution in [0.3, 0.4) is 0 Å². The molecule has 3 rings (SSSR count). The summed E-state index contributed by atoms with van der Waals surface area (Å²) in [4.78, 5) is 14.1. The van der Waals surface area contributed by atoms with Gasteiger partial charge in [0.05, 0.1) is 11.4 Å². The van der Waals surface area contributed by atoms with E-state index in [2.05, 4.69) is 0 Å². The number of aromatic nitrogens is 2. The highest BCUT2D eigenvalue weighted by Crippen LogP contribution is 2.26. The zero-order valence-electron chi connectivity index (χ0n) is 15.5. The predicted molar refractivity (Wildman–Crippen MR) is 111 cm³/mol. The normalized spacial score (nSPS) is 11.1. The van der Waals surface area contributed by atoms with Gasteiger partial charge in [-0.15, -0.1) is 0 Å². The molecule has 1 amide bonds. The Hall–Kier alpha value is -2.85. The lowest BCUT2D eigenvalue weighted by molar-refractivity contribution is -0.125. The number of hydrogen-bond donors (Lipinski definition) is 0. The minimum Gasteiger partial charge on any atom is -0.340 e. The molecule has 0 spiro atoms. The number of benzene rings is 2. The molecule has 1 heterocycles. The fourth-order valence-corrected chi connectivity index (χ4v) is 2.98. The summed E-state index contributed by atoms with van der Waals surface area (Å²) < 4.78 is 1.82. The standard InChI is InChI=1S/C22H22ClN3O/c1-3-25(4-2)21(27)15-12-18-16-26(20-8-6-5-7-9-20)24-22(18)17-10-13-19(23)14-11-17/h5-16H,3-4H2,1-2H3/b15-12-. The van der Waals surface area contributed by atoms with Gasteiger partial charge in [-0.05, 0) is 44.2 Å². The molecule has 3 aromatic rings. The number of likely N-dealkylation sites (N-methyl/N-ethyl adjacent to an activating group) is 1. The number of nitrogens with zero attached hydrogens (tertiary/aromatic N) is 3. The highest BCUT2D eigenvalue weighted by atomic mass is 35.5. The van der Waals surface area contributed by atoms with Crippen LogP contribution in [0.5, 0.6) is 0 Å². The second-order valence-corrected chi connectivity index (χ2v) is 6.50. The van der Waals surface area contributed by atoms with Gasteiger partial charge in [0, 0.05) is 41.5 Å². The van der Waals surface area contributed by atoms with Gasteiger partial charge in [-0.1, -0.05) is 41.9 Å². The molecule has 2 aromatic carbocycles. The fraction of sp³-hybridized carbons (Fsp3) is 0.182. The van der Waals surface area contributed by atoms with E-state index in [0.717, 1.165) is 22.5 Å². The third-order valence-corrected chi connectivity index (χ3v) is 4.61. The molecule has 0 unspecified atom stereocenters. The van der Waals surface area contributed by atoms with Crippen molar-refractivity contribution >= 4 is 23.6 Å². The monoisotopic (exact) mass is 379 g/mol. The number of para-hydroxylation sites is 1. The van der Waals surface area contributed by atoms with E-state index >= 15 is 0 Å². The van der Waals surface area contributed by atoms with Crippen LogP contribution in [-0.4, -0.2) is 33.7 Å². The zero-order valence-corrected chi connectivity index (χ0v) is 16.2. The Morgan fingerprint density at radius 3 is 2.37 bits per heavy atom.